The van der Waals surface area contributed by atoms with Gasteiger partial charge < -0.3 is 4.57 Å². The van der Waals surface area contributed by atoms with Crippen LogP contribution in [-0.4, -0.2) is 15.8 Å². The molecule has 0 unspecified atom stereocenters. The lowest BCUT2D eigenvalue weighted by Crippen LogP contribution is -1.97. The number of aryl methyl sites for hydroxylation is 1. The summed E-state index contributed by atoms with van der Waals surface area (Å²) in [6.07, 6.45) is 1.77. The Morgan fingerprint density at radius 3 is 2.46 bits per heavy atom. The van der Waals surface area contributed by atoms with Crippen LogP contribution in [0.3, 0.4) is 0 Å². The highest BCUT2D eigenvalue weighted by Gasteiger charge is 2.15. The molecule has 0 atom stereocenters. The van der Waals surface area contributed by atoms with Gasteiger partial charge in [0.15, 0.2) is 5.82 Å². The molecule has 2 heterocycles. The van der Waals surface area contributed by atoms with Gasteiger partial charge in [0.2, 0.25) is 0 Å². The Bertz CT molecular complexity index is 1180. The summed E-state index contributed by atoms with van der Waals surface area (Å²) >= 11 is 18.1. The fraction of sp³-hybridized carbons (Fsp3) is 0.0476. The molecule has 0 bridgehead atoms. The molecule has 0 aliphatic carbocycles. The molecule has 4 aromatic rings. The Kier molecular flexibility index (Phi) is 5.27. The van der Waals surface area contributed by atoms with Crippen molar-refractivity contribution < 1.29 is 0 Å². The van der Waals surface area contributed by atoms with Crippen molar-refractivity contribution in [3.63, 3.8) is 0 Å². The Labute approximate surface area is 177 Å². The first-order chi connectivity index (χ1) is 13.6. The second kappa shape index (κ2) is 7.84. The van der Waals surface area contributed by atoms with Gasteiger partial charge in [0.05, 0.1) is 22.0 Å². The lowest BCUT2D eigenvalue weighted by molar-refractivity contribution is 0.977. The molecule has 4 rings (SSSR count). The first kappa shape index (κ1) is 18.8. The van der Waals surface area contributed by atoms with Crippen molar-refractivity contribution in [1.29, 1.82) is 0 Å². The average molecular weight is 430 g/mol. The molecule has 0 aliphatic rings. The van der Waals surface area contributed by atoms with E-state index >= 15 is 0 Å². The van der Waals surface area contributed by atoms with Gasteiger partial charge in [-0.15, -0.1) is 0 Å². The molecule has 2 aromatic heterocycles. The van der Waals surface area contributed by atoms with Crippen LogP contribution in [-0.2, 0) is 7.05 Å². The average Bonchev–Trinajstić information content (AvgIpc) is 2.99. The SMILES string of the molecule is Cn1c(-c2ccccc2)c(C=NNc2nc(Cl)c(Cl)cc2Cl)c2ccccc21. The van der Waals surface area contributed by atoms with Gasteiger partial charge >= 0.3 is 0 Å². The van der Waals surface area contributed by atoms with E-state index in [9.17, 15) is 0 Å². The molecule has 4 nitrogen and oxygen atoms in total. The molecule has 7 heteroatoms. The number of fused-ring (bicyclic) bond motifs is 1. The maximum absolute atomic E-state index is 6.16. The van der Waals surface area contributed by atoms with Crippen molar-refractivity contribution in [3.8, 4) is 11.3 Å². The third-order valence-corrected chi connectivity index (χ3v) is 5.41. The number of hydrogen-bond donors (Lipinski definition) is 1. The predicted octanol–water partition coefficient (Wildman–Crippen LogP) is 6.65. The minimum atomic E-state index is 0.166. The van der Waals surface area contributed by atoms with E-state index < -0.39 is 0 Å². The lowest BCUT2D eigenvalue weighted by Gasteiger charge is -2.06. The first-order valence-electron chi connectivity index (χ1n) is 8.49. The molecular weight excluding hydrogens is 415 g/mol. The molecule has 0 saturated carbocycles. The summed E-state index contributed by atoms with van der Waals surface area (Å²) in [5, 5.41) is 6.26. The first-order valence-corrected chi connectivity index (χ1v) is 9.63. The number of nitrogens with one attached hydrogen (secondary N) is 1. The van der Waals surface area contributed by atoms with E-state index in [1.54, 1.807) is 6.21 Å². The van der Waals surface area contributed by atoms with Gasteiger partial charge in [-0.3, -0.25) is 5.43 Å². The fourth-order valence-electron chi connectivity index (χ4n) is 3.18. The minimum Gasteiger partial charge on any atom is -0.343 e. The highest BCUT2D eigenvalue weighted by atomic mass is 35.5. The van der Waals surface area contributed by atoms with Crippen molar-refractivity contribution in [2.75, 3.05) is 5.43 Å². The molecule has 140 valence electrons. The van der Waals surface area contributed by atoms with Crippen LogP contribution < -0.4 is 5.43 Å². The molecular formula is C21H15Cl3N4. The van der Waals surface area contributed by atoms with Crippen molar-refractivity contribution in [2.45, 2.75) is 0 Å². The van der Waals surface area contributed by atoms with Crippen LogP contribution in [0, 0.1) is 0 Å². The number of anilines is 1. The number of para-hydroxylation sites is 1. The van der Waals surface area contributed by atoms with Crippen LogP contribution in [0.15, 0.2) is 65.8 Å². The van der Waals surface area contributed by atoms with Crippen molar-refractivity contribution in [1.82, 2.24) is 9.55 Å². The second-order valence-electron chi connectivity index (χ2n) is 6.17. The monoisotopic (exact) mass is 428 g/mol. The van der Waals surface area contributed by atoms with Gasteiger partial charge in [0.25, 0.3) is 0 Å². The molecule has 0 radical (unpaired) electrons. The Morgan fingerprint density at radius 2 is 1.68 bits per heavy atom. The number of hydrogen-bond acceptors (Lipinski definition) is 3. The predicted molar refractivity (Wildman–Crippen MR) is 119 cm³/mol. The zero-order chi connectivity index (χ0) is 19.7. The number of rotatable bonds is 4. The second-order valence-corrected chi connectivity index (χ2v) is 7.34. The summed E-state index contributed by atoms with van der Waals surface area (Å²) in [5.74, 6) is 0.341. The highest BCUT2D eigenvalue weighted by molar-refractivity contribution is 6.42. The molecule has 0 saturated heterocycles. The lowest BCUT2D eigenvalue weighted by atomic mass is 10.1. The van der Waals surface area contributed by atoms with E-state index in [4.69, 9.17) is 34.8 Å². The fourth-order valence-corrected chi connectivity index (χ4v) is 3.72. The smallest absolute Gasteiger partial charge is 0.166 e. The van der Waals surface area contributed by atoms with Crippen LogP contribution in [0.4, 0.5) is 5.82 Å². The quantitative estimate of drug-likeness (QED) is 0.224. The number of benzene rings is 2. The summed E-state index contributed by atoms with van der Waals surface area (Å²) in [6.45, 7) is 0. The number of nitrogens with zero attached hydrogens (tertiary/aromatic N) is 3. The standard InChI is InChI=1S/C21H15Cl3N4/c1-28-18-10-6-5-9-14(18)15(19(28)13-7-3-2-4-8-13)12-25-27-21-17(23)11-16(22)20(24)26-21/h2-12H,1H3,(H,26,27). The number of aromatic nitrogens is 2. The molecule has 28 heavy (non-hydrogen) atoms. The van der Waals surface area contributed by atoms with Gasteiger partial charge in [-0.1, -0.05) is 83.3 Å². The normalized spacial score (nSPS) is 11.4. The summed E-state index contributed by atoms with van der Waals surface area (Å²) in [7, 11) is 2.05. The van der Waals surface area contributed by atoms with E-state index in [1.165, 1.54) is 6.07 Å². The van der Waals surface area contributed by atoms with Gasteiger partial charge in [-0.2, -0.15) is 5.10 Å². The summed E-state index contributed by atoms with van der Waals surface area (Å²) in [4.78, 5) is 4.12. The molecule has 2 aromatic carbocycles. The van der Waals surface area contributed by atoms with Crippen molar-refractivity contribution in [3.05, 3.63) is 81.4 Å². The third kappa shape index (κ3) is 3.47. The zero-order valence-corrected chi connectivity index (χ0v) is 17.1. The van der Waals surface area contributed by atoms with Crippen molar-refractivity contribution >= 4 is 57.7 Å². The number of pyridine rings is 1. The maximum atomic E-state index is 6.16. The van der Waals surface area contributed by atoms with E-state index in [0.717, 1.165) is 27.7 Å². The molecule has 0 amide bonds. The van der Waals surface area contributed by atoms with Gasteiger partial charge in [-0.05, 0) is 17.7 Å². The zero-order valence-electron chi connectivity index (χ0n) is 14.8. The number of halogens is 3. The molecule has 0 spiro atoms. The topological polar surface area (TPSA) is 42.2 Å². The third-order valence-electron chi connectivity index (χ3n) is 4.44. The Hall–Kier alpha value is -2.53. The van der Waals surface area contributed by atoms with E-state index in [-0.39, 0.29) is 5.15 Å². The van der Waals surface area contributed by atoms with Crippen LogP contribution in [0.2, 0.25) is 15.2 Å². The highest BCUT2D eigenvalue weighted by Crippen LogP contribution is 2.32. The van der Waals surface area contributed by atoms with Crippen LogP contribution in [0.25, 0.3) is 22.2 Å². The van der Waals surface area contributed by atoms with Gasteiger partial charge in [0.1, 0.15) is 5.15 Å². The van der Waals surface area contributed by atoms with Crippen LogP contribution in [0.1, 0.15) is 5.56 Å². The largest absolute Gasteiger partial charge is 0.343 e. The molecule has 0 aliphatic heterocycles. The van der Waals surface area contributed by atoms with Crippen molar-refractivity contribution in [2.24, 2.45) is 12.1 Å². The molecule has 0 fully saturated rings. The Morgan fingerprint density at radius 1 is 0.964 bits per heavy atom. The van der Waals surface area contributed by atoms with Gasteiger partial charge in [-0.25, -0.2) is 4.98 Å². The Balaban J connectivity index is 1.78. The van der Waals surface area contributed by atoms with Crippen LogP contribution in [0.5, 0.6) is 0 Å². The summed E-state index contributed by atoms with van der Waals surface area (Å²) in [5.41, 5.74) is 7.14. The van der Waals surface area contributed by atoms with E-state index in [1.807, 2.05) is 37.4 Å². The van der Waals surface area contributed by atoms with Crippen LogP contribution >= 0.6 is 34.8 Å². The van der Waals surface area contributed by atoms with E-state index in [0.29, 0.717) is 15.9 Å². The summed E-state index contributed by atoms with van der Waals surface area (Å²) in [6, 6.07) is 19.9. The maximum Gasteiger partial charge on any atom is 0.166 e. The minimum absolute atomic E-state index is 0.166. The van der Waals surface area contributed by atoms with E-state index in [2.05, 4.69) is 44.3 Å². The molecule has 1 N–H and O–H groups in total. The number of hydrazone groups is 1. The summed E-state index contributed by atoms with van der Waals surface area (Å²) < 4.78 is 2.16. The van der Waals surface area contributed by atoms with Gasteiger partial charge in [0, 0.05) is 23.5 Å².